The Kier molecular flexibility index (Phi) is 2.41. The summed E-state index contributed by atoms with van der Waals surface area (Å²) in [6.07, 6.45) is 0.285. The molecule has 1 aliphatic heterocycles. The van der Waals surface area contributed by atoms with Gasteiger partial charge in [-0.1, -0.05) is 0 Å². The van der Waals surface area contributed by atoms with Crippen molar-refractivity contribution in [1.82, 2.24) is 15.1 Å². The SMILES string of the molecule is Cn1nc2cc(N)ccc2c1N1CCC(=O)NC1=O. The number of carbonyl (C=O) groups is 2. The van der Waals surface area contributed by atoms with E-state index in [0.717, 1.165) is 10.9 Å². The fourth-order valence-corrected chi connectivity index (χ4v) is 2.29. The van der Waals surface area contributed by atoms with Crippen molar-refractivity contribution in [1.29, 1.82) is 0 Å². The molecule has 1 aromatic carbocycles. The predicted molar refractivity (Wildman–Crippen MR) is 70.6 cm³/mol. The number of rotatable bonds is 1. The Morgan fingerprint density at radius 3 is 2.89 bits per heavy atom. The zero-order valence-corrected chi connectivity index (χ0v) is 10.4. The van der Waals surface area contributed by atoms with Crippen LogP contribution in [0.3, 0.4) is 0 Å². The first-order valence-electron chi connectivity index (χ1n) is 5.90. The monoisotopic (exact) mass is 259 g/mol. The highest BCUT2D eigenvalue weighted by molar-refractivity contribution is 6.09. The third-order valence-electron chi connectivity index (χ3n) is 3.14. The molecule has 7 nitrogen and oxygen atoms in total. The van der Waals surface area contributed by atoms with Gasteiger partial charge in [0.1, 0.15) is 5.82 Å². The second-order valence-corrected chi connectivity index (χ2v) is 4.48. The van der Waals surface area contributed by atoms with Crippen LogP contribution in [-0.4, -0.2) is 28.3 Å². The molecule has 2 aromatic rings. The number of hydrogen-bond donors (Lipinski definition) is 2. The summed E-state index contributed by atoms with van der Waals surface area (Å²) in [5, 5.41) is 7.47. The maximum atomic E-state index is 11.9. The highest BCUT2D eigenvalue weighted by atomic mass is 16.2. The van der Waals surface area contributed by atoms with Gasteiger partial charge in [0.25, 0.3) is 0 Å². The number of hydrogen-bond acceptors (Lipinski definition) is 4. The number of aromatic nitrogens is 2. The molecule has 1 aromatic heterocycles. The van der Waals surface area contributed by atoms with Crippen LogP contribution in [0.15, 0.2) is 18.2 Å². The summed E-state index contributed by atoms with van der Waals surface area (Å²) in [4.78, 5) is 24.6. The smallest absolute Gasteiger partial charge is 0.329 e. The molecule has 3 N–H and O–H groups in total. The Labute approximate surface area is 109 Å². The number of nitrogens with one attached hydrogen (secondary N) is 1. The first kappa shape index (κ1) is 11.5. The van der Waals surface area contributed by atoms with Crippen molar-refractivity contribution >= 4 is 34.3 Å². The van der Waals surface area contributed by atoms with Gasteiger partial charge in [0.05, 0.1) is 5.52 Å². The van der Waals surface area contributed by atoms with Crippen LogP contribution in [0.4, 0.5) is 16.3 Å². The van der Waals surface area contributed by atoms with Crippen LogP contribution in [0, 0.1) is 0 Å². The van der Waals surface area contributed by atoms with Crippen LogP contribution in [0.5, 0.6) is 0 Å². The molecule has 3 rings (SSSR count). The summed E-state index contributed by atoms with van der Waals surface area (Å²) in [6.45, 7) is 0.351. The molecule has 1 fully saturated rings. The van der Waals surface area contributed by atoms with Crippen LogP contribution in [0.1, 0.15) is 6.42 Å². The van der Waals surface area contributed by atoms with Crippen molar-refractivity contribution in [2.75, 3.05) is 17.2 Å². The van der Waals surface area contributed by atoms with E-state index in [0.29, 0.717) is 18.1 Å². The standard InChI is InChI=1S/C12H13N5O2/c1-16-11(17-5-4-10(18)14-12(17)19)8-3-2-7(13)6-9(8)15-16/h2-3,6H,4-5,13H2,1H3,(H,14,18,19). The number of nitrogen functional groups attached to an aromatic ring is 1. The molecule has 0 unspecified atom stereocenters. The van der Waals surface area contributed by atoms with Gasteiger partial charge in [0.15, 0.2) is 0 Å². The third kappa shape index (κ3) is 1.79. The molecule has 0 aliphatic carbocycles. The van der Waals surface area contributed by atoms with Crippen molar-refractivity contribution in [2.24, 2.45) is 7.05 Å². The summed E-state index contributed by atoms with van der Waals surface area (Å²) >= 11 is 0. The van der Waals surface area contributed by atoms with Gasteiger partial charge in [-0.3, -0.25) is 19.7 Å². The van der Waals surface area contributed by atoms with Crippen molar-refractivity contribution < 1.29 is 9.59 Å². The first-order chi connectivity index (χ1) is 9.06. The van der Waals surface area contributed by atoms with E-state index in [2.05, 4.69) is 10.4 Å². The van der Waals surface area contributed by atoms with Gasteiger partial charge in [0.2, 0.25) is 5.91 Å². The van der Waals surface area contributed by atoms with E-state index in [9.17, 15) is 9.59 Å². The molecular formula is C12H13N5O2. The van der Waals surface area contributed by atoms with Gasteiger partial charge < -0.3 is 5.73 Å². The van der Waals surface area contributed by atoms with Gasteiger partial charge in [-0.05, 0) is 18.2 Å². The number of nitrogens with zero attached hydrogens (tertiary/aromatic N) is 3. The van der Waals surface area contributed by atoms with E-state index in [-0.39, 0.29) is 12.3 Å². The molecule has 3 amide bonds. The Balaban J connectivity index is 2.12. The molecule has 1 aliphatic rings. The Bertz CT molecular complexity index is 691. The Morgan fingerprint density at radius 1 is 1.37 bits per heavy atom. The maximum absolute atomic E-state index is 11.9. The zero-order chi connectivity index (χ0) is 13.6. The normalized spacial score (nSPS) is 15.9. The van der Waals surface area contributed by atoms with Gasteiger partial charge >= 0.3 is 6.03 Å². The highest BCUT2D eigenvalue weighted by Crippen LogP contribution is 2.28. The minimum Gasteiger partial charge on any atom is -0.399 e. The number of anilines is 2. The molecule has 0 atom stereocenters. The van der Waals surface area contributed by atoms with Crippen molar-refractivity contribution in [3.63, 3.8) is 0 Å². The molecule has 19 heavy (non-hydrogen) atoms. The number of amides is 3. The second-order valence-electron chi connectivity index (χ2n) is 4.48. The van der Waals surface area contributed by atoms with E-state index >= 15 is 0 Å². The number of fused-ring (bicyclic) bond motifs is 1. The van der Waals surface area contributed by atoms with E-state index in [1.807, 2.05) is 6.07 Å². The van der Waals surface area contributed by atoms with Crippen molar-refractivity contribution in [3.8, 4) is 0 Å². The van der Waals surface area contributed by atoms with E-state index in [1.54, 1.807) is 23.9 Å². The summed E-state index contributed by atoms with van der Waals surface area (Å²) in [5.41, 5.74) is 7.07. The van der Waals surface area contributed by atoms with Crippen LogP contribution in [-0.2, 0) is 11.8 Å². The summed E-state index contributed by atoms with van der Waals surface area (Å²) < 4.78 is 1.62. The van der Waals surface area contributed by atoms with Gasteiger partial charge in [-0.2, -0.15) is 5.10 Å². The molecular weight excluding hydrogens is 246 g/mol. The quantitative estimate of drug-likeness (QED) is 0.733. The fraction of sp³-hybridized carbons (Fsp3) is 0.250. The molecule has 0 saturated carbocycles. The molecule has 98 valence electrons. The lowest BCUT2D eigenvalue weighted by molar-refractivity contribution is -0.120. The molecule has 0 bridgehead atoms. The number of carbonyl (C=O) groups excluding carboxylic acids is 2. The lowest BCUT2D eigenvalue weighted by atomic mass is 10.2. The van der Waals surface area contributed by atoms with Gasteiger partial charge in [-0.25, -0.2) is 4.79 Å². The molecule has 0 spiro atoms. The summed E-state index contributed by atoms with van der Waals surface area (Å²) in [6, 6.07) is 4.93. The average molecular weight is 259 g/mol. The van der Waals surface area contributed by atoms with E-state index in [4.69, 9.17) is 5.73 Å². The van der Waals surface area contributed by atoms with Crippen molar-refractivity contribution in [2.45, 2.75) is 6.42 Å². The zero-order valence-electron chi connectivity index (χ0n) is 10.4. The van der Waals surface area contributed by atoms with Crippen LogP contribution in [0.2, 0.25) is 0 Å². The number of aryl methyl sites for hydroxylation is 1. The molecule has 2 heterocycles. The van der Waals surface area contributed by atoms with Crippen LogP contribution < -0.4 is 16.0 Å². The van der Waals surface area contributed by atoms with Gasteiger partial charge in [-0.15, -0.1) is 0 Å². The van der Waals surface area contributed by atoms with Crippen molar-refractivity contribution in [3.05, 3.63) is 18.2 Å². The summed E-state index contributed by atoms with van der Waals surface area (Å²) in [7, 11) is 1.76. The third-order valence-corrected chi connectivity index (χ3v) is 3.14. The molecule has 7 heteroatoms. The largest absolute Gasteiger partial charge is 0.399 e. The number of benzene rings is 1. The van der Waals surface area contributed by atoms with E-state index in [1.165, 1.54) is 4.90 Å². The molecule has 1 saturated heterocycles. The first-order valence-corrected chi connectivity index (χ1v) is 5.90. The van der Waals surface area contributed by atoms with Crippen LogP contribution in [0.25, 0.3) is 10.9 Å². The fourth-order valence-electron chi connectivity index (χ4n) is 2.29. The predicted octanol–water partition coefficient (Wildman–Crippen LogP) is 0.602. The number of imide groups is 1. The molecule has 0 radical (unpaired) electrons. The maximum Gasteiger partial charge on any atom is 0.329 e. The second kappa shape index (κ2) is 3.98. The summed E-state index contributed by atoms with van der Waals surface area (Å²) in [5.74, 6) is 0.414. The Hall–Kier alpha value is -2.57. The minimum absolute atomic E-state index is 0.253. The van der Waals surface area contributed by atoms with E-state index < -0.39 is 6.03 Å². The number of urea groups is 1. The Morgan fingerprint density at radius 2 is 2.16 bits per heavy atom. The lowest BCUT2D eigenvalue weighted by Crippen LogP contribution is -2.50. The number of nitrogens with two attached hydrogens (primary N) is 1. The lowest BCUT2D eigenvalue weighted by Gasteiger charge is -2.26. The van der Waals surface area contributed by atoms with Crippen LogP contribution >= 0.6 is 0 Å². The average Bonchev–Trinajstić information content (AvgIpc) is 2.65. The van der Waals surface area contributed by atoms with Gasteiger partial charge in [0, 0.05) is 31.1 Å². The minimum atomic E-state index is -0.419. The topological polar surface area (TPSA) is 93.2 Å². The highest BCUT2D eigenvalue weighted by Gasteiger charge is 2.28.